The summed E-state index contributed by atoms with van der Waals surface area (Å²) in [4.78, 5) is 16.6. The van der Waals surface area contributed by atoms with Gasteiger partial charge >= 0.3 is 0 Å². The van der Waals surface area contributed by atoms with E-state index in [4.69, 9.17) is 0 Å². The number of fused-ring (bicyclic) bond motifs is 1. The Morgan fingerprint density at radius 3 is 3.10 bits per heavy atom. The fraction of sp³-hybridized carbons (Fsp3) is 0.188. The fourth-order valence-corrected chi connectivity index (χ4v) is 3.27. The number of rotatable bonds is 3. The summed E-state index contributed by atoms with van der Waals surface area (Å²) in [6, 6.07) is 11.7. The Labute approximate surface area is 126 Å². The largest absolute Gasteiger partial charge is 0.326 e. The molecule has 2 heterocycles. The zero-order valence-electron chi connectivity index (χ0n) is 11.2. The number of anilines is 1. The van der Waals surface area contributed by atoms with Crippen LogP contribution >= 0.6 is 11.5 Å². The van der Waals surface area contributed by atoms with E-state index in [0.717, 1.165) is 27.9 Å². The molecule has 1 amide bonds. The molecule has 0 spiro atoms. The summed E-state index contributed by atoms with van der Waals surface area (Å²) in [6.45, 7) is 0. The van der Waals surface area contributed by atoms with Crippen molar-refractivity contribution in [3.05, 3.63) is 54.5 Å². The Morgan fingerprint density at radius 1 is 1.29 bits per heavy atom. The minimum atomic E-state index is 0.0389. The van der Waals surface area contributed by atoms with Gasteiger partial charge in [0, 0.05) is 41.0 Å². The highest BCUT2D eigenvalue weighted by molar-refractivity contribution is 7.13. The highest BCUT2D eigenvalue weighted by Crippen LogP contribution is 2.47. The molecule has 104 valence electrons. The van der Waals surface area contributed by atoms with Crippen molar-refractivity contribution in [2.75, 3.05) is 5.32 Å². The van der Waals surface area contributed by atoms with Gasteiger partial charge in [0.25, 0.3) is 0 Å². The van der Waals surface area contributed by atoms with Crippen molar-refractivity contribution in [2.24, 2.45) is 5.92 Å². The molecule has 0 saturated heterocycles. The van der Waals surface area contributed by atoms with Crippen LogP contribution in [0.15, 0.2) is 48.8 Å². The SMILES string of the molecule is O=C(Nc1ccc2cnsc2c1)[C@@H]1C[C@H]1c1ccccn1. The number of benzene rings is 1. The Morgan fingerprint density at radius 2 is 2.24 bits per heavy atom. The summed E-state index contributed by atoms with van der Waals surface area (Å²) in [5.41, 5.74) is 1.85. The quantitative estimate of drug-likeness (QED) is 0.805. The zero-order valence-corrected chi connectivity index (χ0v) is 12.0. The third-order valence-corrected chi connectivity index (χ3v) is 4.58. The molecule has 1 aliphatic rings. The number of amides is 1. The summed E-state index contributed by atoms with van der Waals surface area (Å²) >= 11 is 1.44. The van der Waals surface area contributed by atoms with Gasteiger partial charge in [0.15, 0.2) is 0 Å². The van der Waals surface area contributed by atoms with Gasteiger partial charge in [0.2, 0.25) is 5.91 Å². The van der Waals surface area contributed by atoms with Crippen LogP contribution in [0.5, 0.6) is 0 Å². The molecule has 1 aromatic carbocycles. The molecule has 5 heteroatoms. The van der Waals surface area contributed by atoms with Gasteiger partial charge in [-0.15, -0.1) is 0 Å². The van der Waals surface area contributed by atoms with E-state index >= 15 is 0 Å². The topological polar surface area (TPSA) is 54.9 Å². The van der Waals surface area contributed by atoms with Gasteiger partial charge in [-0.1, -0.05) is 6.07 Å². The number of carbonyl (C=O) groups is 1. The fourth-order valence-electron chi connectivity index (χ4n) is 2.58. The zero-order chi connectivity index (χ0) is 14.2. The molecule has 0 bridgehead atoms. The number of nitrogens with one attached hydrogen (secondary N) is 1. The number of pyridine rings is 1. The van der Waals surface area contributed by atoms with Gasteiger partial charge in [-0.3, -0.25) is 9.78 Å². The number of nitrogens with zero attached hydrogens (tertiary/aromatic N) is 2. The highest BCUT2D eigenvalue weighted by Gasteiger charge is 2.44. The molecule has 1 N–H and O–H groups in total. The van der Waals surface area contributed by atoms with Crippen molar-refractivity contribution in [1.29, 1.82) is 0 Å². The van der Waals surface area contributed by atoms with Gasteiger partial charge in [0.1, 0.15) is 0 Å². The van der Waals surface area contributed by atoms with Gasteiger partial charge in [-0.2, -0.15) is 4.37 Å². The number of carbonyl (C=O) groups excluding carboxylic acids is 1. The lowest BCUT2D eigenvalue weighted by Gasteiger charge is -2.05. The van der Waals surface area contributed by atoms with Crippen molar-refractivity contribution >= 4 is 33.2 Å². The molecule has 2 atom stereocenters. The predicted octanol–water partition coefficient (Wildman–Crippen LogP) is 3.43. The first-order chi connectivity index (χ1) is 10.3. The lowest BCUT2D eigenvalue weighted by molar-refractivity contribution is -0.117. The molecule has 1 fully saturated rings. The summed E-state index contributed by atoms with van der Waals surface area (Å²) in [5, 5.41) is 4.10. The normalized spacial score (nSPS) is 20.4. The monoisotopic (exact) mass is 295 g/mol. The summed E-state index contributed by atoms with van der Waals surface area (Å²) in [6.07, 6.45) is 4.50. The molecule has 4 nitrogen and oxygen atoms in total. The lowest BCUT2D eigenvalue weighted by atomic mass is 10.2. The first kappa shape index (κ1) is 12.5. The third kappa shape index (κ3) is 2.40. The van der Waals surface area contributed by atoms with Crippen LogP contribution in [0.3, 0.4) is 0 Å². The minimum Gasteiger partial charge on any atom is -0.326 e. The van der Waals surface area contributed by atoms with Crippen molar-refractivity contribution in [1.82, 2.24) is 9.36 Å². The van der Waals surface area contributed by atoms with E-state index in [1.165, 1.54) is 11.5 Å². The standard InChI is InChI=1S/C16H13N3OS/c20-16(13-8-12(13)14-3-1-2-6-17-14)19-11-5-4-10-9-18-21-15(10)7-11/h1-7,9,12-13H,8H2,(H,19,20)/t12-,13-/m1/s1. The minimum absolute atomic E-state index is 0.0389. The Kier molecular flexibility index (Phi) is 2.93. The van der Waals surface area contributed by atoms with Crippen LogP contribution in [-0.4, -0.2) is 15.3 Å². The number of hydrogen-bond donors (Lipinski definition) is 1. The molecule has 0 radical (unpaired) electrons. The predicted molar refractivity (Wildman–Crippen MR) is 83.3 cm³/mol. The highest BCUT2D eigenvalue weighted by atomic mass is 32.1. The Hall–Kier alpha value is -2.27. The molecule has 4 rings (SSSR count). The average molecular weight is 295 g/mol. The van der Waals surface area contributed by atoms with Crippen molar-refractivity contribution in [2.45, 2.75) is 12.3 Å². The lowest BCUT2D eigenvalue weighted by Crippen LogP contribution is -2.14. The maximum atomic E-state index is 12.3. The van der Waals surface area contributed by atoms with Crippen molar-refractivity contribution < 1.29 is 4.79 Å². The summed E-state index contributed by atoms with van der Waals surface area (Å²) in [7, 11) is 0. The van der Waals surface area contributed by atoms with Gasteiger partial charge in [0.05, 0.1) is 4.70 Å². The van der Waals surface area contributed by atoms with Gasteiger partial charge in [-0.25, -0.2) is 0 Å². The van der Waals surface area contributed by atoms with E-state index in [0.29, 0.717) is 0 Å². The van der Waals surface area contributed by atoms with Gasteiger partial charge in [-0.05, 0) is 48.3 Å². The molecule has 0 aliphatic heterocycles. The van der Waals surface area contributed by atoms with Crippen LogP contribution in [0.1, 0.15) is 18.0 Å². The molecule has 1 aliphatic carbocycles. The Balaban J connectivity index is 1.47. The third-order valence-electron chi connectivity index (χ3n) is 3.82. The second-order valence-electron chi connectivity index (χ2n) is 5.27. The van der Waals surface area contributed by atoms with E-state index in [-0.39, 0.29) is 17.7 Å². The maximum absolute atomic E-state index is 12.3. The number of aromatic nitrogens is 2. The molecule has 1 saturated carbocycles. The van der Waals surface area contributed by atoms with Crippen LogP contribution < -0.4 is 5.32 Å². The van der Waals surface area contributed by atoms with E-state index in [9.17, 15) is 4.79 Å². The van der Waals surface area contributed by atoms with Gasteiger partial charge < -0.3 is 5.32 Å². The summed E-state index contributed by atoms with van der Waals surface area (Å²) in [5.74, 6) is 0.380. The Bertz CT molecular complexity index is 799. The molecular weight excluding hydrogens is 282 g/mol. The first-order valence-electron chi connectivity index (χ1n) is 6.87. The summed E-state index contributed by atoms with van der Waals surface area (Å²) < 4.78 is 5.23. The van der Waals surface area contributed by atoms with Crippen LogP contribution in [0, 0.1) is 5.92 Å². The van der Waals surface area contributed by atoms with Crippen LogP contribution in [-0.2, 0) is 4.79 Å². The van der Waals surface area contributed by atoms with E-state index in [1.54, 1.807) is 6.20 Å². The van der Waals surface area contributed by atoms with Crippen molar-refractivity contribution in [3.63, 3.8) is 0 Å². The second kappa shape index (κ2) is 4.93. The van der Waals surface area contributed by atoms with Crippen molar-refractivity contribution in [3.8, 4) is 0 Å². The average Bonchev–Trinajstić information content (AvgIpc) is 3.19. The molecule has 3 aromatic rings. The van der Waals surface area contributed by atoms with Crippen LogP contribution in [0.25, 0.3) is 10.1 Å². The van der Waals surface area contributed by atoms with Crippen LogP contribution in [0.4, 0.5) is 5.69 Å². The van der Waals surface area contributed by atoms with E-state index < -0.39 is 0 Å². The molecule has 0 unspecified atom stereocenters. The van der Waals surface area contributed by atoms with Crippen LogP contribution in [0.2, 0.25) is 0 Å². The molecule has 21 heavy (non-hydrogen) atoms. The molecular formula is C16H13N3OS. The van der Waals surface area contributed by atoms with E-state index in [1.807, 2.05) is 42.6 Å². The van der Waals surface area contributed by atoms with E-state index in [2.05, 4.69) is 14.7 Å². The first-order valence-corrected chi connectivity index (χ1v) is 7.65. The molecule has 2 aromatic heterocycles. The second-order valence-corrected chi connectivity index (χ2v) is 6.10. The smallest absolute Gasteiger partial charge is 0.228 e. The maximum Gasteiger partial charge on any atom is 0.228 e. The number of hydrogen-bond acceptors (Lipinski definition) is 4.